The summed E-state index contributed by atoms with van der Waals surface area (Å²) in [6.07, 6.45) is 0. The highest BCUT2D eigenvalue weighted by atomic mass is 15.0. The Hall–Kier alpha value is -7.10. The highest BCUT2D eigenvalue weighted by Gasteiger charge is 2.17. The molecule has 246 valence electrons. The quantitative estimate of drug-likeness (QED) is 0.174. The van der Waals surface area contributed by atoms with Gasteiger partial charge in [0.2, 0.25) is 0 Å². The van der Waals surface area contributed by atoms with E-state index in [2.05, 4.69) is 193 Å². The summed E-state index contributed by atoms with van der Waals surface area (Å²) in [7, 11) is 0. The summed E-state index contributed by atoms with van der Waals surface area (Å²) >= 11 is 0. The fourth-order valence-corrected chi connectivity index (χ4v) is 8.39. The average Bonchev–Trinajstić information content (AvgIpc) is 3.58. The Morgan fingerprint density at radius 3 is 1.62 bits per heavy atom. The van der Waals surface area contributed by atoms with Gasteiger partial charge in [0.1, 0.15) is 0 Å². The van der Waals surface area contributed by atoms with Crippen molar-refractivity contribution in [2.45, 2.75) is 0 Å². The van der Waals surface area contributed by atoms with E-state index in [-0.39, 0.29) is 0 Å². The predicted molar refractivity (Wildman–Crippen MR) is 223 cm³/mol. The van der Waals surface area contributed by atoms with Gasteiger partial charge in [-0.25, -0.2) is 9.97 Å². The van der Waals surface area contributed by atoms with Crippen molar-refractivity contribution < 1.29 is 0 Å². The summed E-state index contributed by atoms with van der Waals surface area (Å²) in [5.74, 6) is 0.715. The van der Waals surface area contributed by atoms with Crippen LogP contribution in [0.15, 0.2) is 188 Å². The van der Waals surface area contributed by atoms with Crippen molar-refractivity contribution in [3.8, 4) is 39.5 Å². The number of benzene rings is 9. The maximum Gasteiger partial charge on any atom is 0.160 e. The molecule has 0 fully saturated rings. The average molecular weight is 674 g/mol. The smallest absolute Gasteiger partial charge is 0.160 e. The van der Waals surface area contributed by atoms with Crippen LogP contribution in [0.3, 0.4) is 0 Å². The molecule has 2 aromatic heterocycles. The van der Waals surface area contributed by atoms with Crippen LogP contribution in [0.2, 0.25) is 0 Å². The molecule has 11 rings (SSSR count). The molecule has 0 spiro atoms. The van der Waals surface area contributed by atoms with Crippen LogP contribution in [-0.2, 0) is 0 Å². The zero-order valence-electron chi connectivity index (χ0n) is 28.7. The van der Waals surface area contributed by atoms with Gasteiger partial charge in [0.15, 0.2) is 5.82 Å². The number of rotatable bonds is 4. The predicted octanol–water partition coefficient (Wildman–Crippen LogP) is 13.2. The first kappa shape index (κ1) is 29.6. The van der Waals surface area contributed by atoms with E-state index in [9.17, 15) is 0 Å². The van der Waals surface area contributed by atoms with Gasteiger partial charge in [0.25, 0.3) is 0 Å². The minimum Gasteiger partial charge on any atom is -0.309 e. The molecule has 0 bridgehead atoms. The largest absolute Gasteiger partial charge is 0.309 e. The Morgan fingerprint density at radius 2 is 0.887 bits per heavy atom. The third-order valence-electron chi connectivity index (χ3n) is 10.8. The summed E-state index contributed by atoms with van der Waals surface area (Å²) in [5, 5.41) is 11.1. The molecule has 0 N–H and O–H groups in total. The lowest BCUT2D eigenvalue weighted by molar-refractivity contribution is 1.18. The van der Waals surface area contributed by atoms with E-state index in [1.165, 1.54) is 59.7 Å². The van der Waals surface area contributed by atoms with Crippen LogP contribution in [0, 0.1) is 0 Å². The highest BCUT2D eigenvalue weighted by Crippen LogP contribution is 2.40. The standard InChI is InChI=1S/C50H31N3/c1-2-13-35(14-3-1)53-46-23-11-9-20-43(46)48-36(21-12-24-47(48)53)32-25-27-33(28-26-32)50-51-45-22-10-8-19-42(45)49(52-50)34-29-30-41-39-17-5-4-15-37(39)38-16-6-7-18-40(38)44(41)31-34/h1-31H. The minimum absolute atomic E-state index is 0.715. The second-order valence-electron chi connectivity index (χ2n) is 13.7. The van der Waals surface area contributed by atoms with Crippen molar-refractivity contribution in [1.29, 1.82) is 0 Å². The number of para-hydroxylation sites is 3. The van der Waals surface area contributed by atoms with Crippen LogP contribution >= 0.6 is 0 Å². The van der Waals surface area contributed by atoms with E-state index in [4.69, 9.17) is 9.97 Å². The van der Waals surface area contributed by atoms with Crippen LogP contribution in [0.1, 0.15) is 0 Å². The third kappa shape index (κ3) is 4.61. The van der Waals surface area contributed by atoms with Crippen molar-refractivity contribution in [2.75, 3.05) is 0 Å². The van der Waals surface area contributed by atoms with Crippen LogP contribution < -0.4 is 0 Å². The number of nitrogens with zero attached hydrogens (tertiary/aromatic N) is 3. The molecule has 2 heterocycles. The Kier molecular flexibility index (Phi) is 6.55. The van der Waals surface area contributed by atoms with Gasteiger partial charge in [-0.15, -0.1) is 0 Å². The van der Waals surface area contributed by atoms with Gasteiger partial charge in [-0.1, -0.05) is 152 Å². The topological polar surface area (TPSA) is 30.7 Å². The molecule has 0 unspecified atom stereocenters. The monoisotopic (exact) mass is 673 g/mol. The minimum atomic E-state index is 0.715. The van der Waals surface area contributed by atoms with Gasteiger partial charge in [-0.3, -0.25) is 0 Å². The van der Waals surface area contributed by atoms with E-state index in [0.29, 0.717) is 5.82 Å². The third-order valence-corrected chi connectivity index (χ3v) is 10.8. The van der Waals surface area contributed by atoms with Gasteiger partial charge >= 0.3 is 0 Å². The maximum absolute atomic E-state index is 5.31. The SMILES string of the molecule is c1ccc(-n2c3ccccc3c3c(-c4ccc(-c5nc(-c6ccc7c8ccccc8c8ccccc8c7c6)c6ccccc6n5)cc4)cccc32)cc1. The first-order valence-corrected chi connectivity index (χ1v) is 18.1. The molecule has 9 aromatic carbocycles. The maximum atomic E-state index is 5.31. The van der Waals surface area contributed by atoms with Crippen molar-refractivity contribution in [1.82, 2.24) is 14.5 Å². The van der Waals surface area contributed by atoms with Crippen LogP contribution in [0.4, 0.5) is 0 Å². The number of hydrogen-bond donors (Lipinski definition) is 0. The lowest BCUT2D eigenvalue weighted by atomic mass is 9.92. The highest BCUT2D eigenvalue weighted by molar-refractivity contribution is 6.26. The van der Waals surface area contributed by atoms with E-state index in [1.807, 2.05) is 0 Å². The summed E-state index contributed by atoms with van der Waals surface area (Å²) < 4.78 is 2.37. The molecule has 3 heteroatoms. The molecule has 0 aliphatic heterocycles. The lowest BCUT2D eigenvalue weighted by Gasteiger charge is -2.13. The number of fused-ring (bicyclic) bond motifs is 10. The molecular weight excluding hydrogens is 643 g/mol. The van der Waals surface area contributed by atoms with Crippen LogP contribution in [0.5, 0.6) is 0 Å². The van der Waals surface area contributed by atoms with Gasteiger partial charge in [0, 0.05) is 33.0 Å². The molecule has 0 saturated carbocycles. The molecular formula is C50H31N3. The normalized spacial score (nSPS) is 11.8. The molecule has 0 amide bonds. The van der Waals surface area contributed by atoms with Gasteiger partial charge in [0.05, 0.1) is 22.2 Å². The summed E-state index contributed by atoms with van der Waals surface area (Å²) in [4.78, 5) is 10.4. The molecule has 11 aromatic rings. The van der Waals surface area contributed by atoms with Crippen molar-refractivity contribution >= 4 is 65.0 Å². The molecule has 0 aliphatic rings. The molecule has 53 heavy (non-hydrogen) atoms. The van der Waals surface area contributed by atoms with E-state index >= 15 is 0 Å². The lowest BCUT2D eigenvalue weighted by Crippen LogP contribution is -1.95. The van der Waals surface area contributed by atoms with Gasteiger partial charge in [-0.2, -0.15) is 0 Å². The van der Waals surface area contributed by atoms with Crippen molar-refractivity contribution in [3.05, 3.63) is 188 Å². The van der Waals surface area contributed by atoms with Crippen LogP contribution in [0.25, 0.3) is 104 Å². The van der Waals surface area contributed by atoms with Crippen LogP contribution in [-0.4, -0.2) is 14.5 Å². The van der Waals surface area contributed by atoms with Gasteiger partial charge < -0.3 is 4.57 Å². The second-order valence-corrected chi connectivity index (χ2v) is 13.7. The second kappa shape index (κ2) is 11.7. The first-order chi connectivity index (χ1) is 26.3. The summed E-state index contributed by atoms with van der Waals surface area (Å²) in [5.41, 5.74) is 9.84. The Labute approximate surface area is 306 Å². The molecule has 0 saturated heterocycles. The molecule has 0 atom stereocenters. The van der Waals surface area contributed by atoms with E-state index < -0.39 is 0 Å². The zero-order chi connectivity index (χ0) is 34.9. The van der Waals surface area contributed by atoms with Gasteiger partial charge in [-0.05, 0) is 79.8 Å². The Morgan fingerprint density at radius 1 is 0.340 bits per heavy atom. The number of aromatic nitrogens is 3. The van der Waals surface area contributed by atoms with Crippen molar-refractivity contribution in [2.24, 2.45) is 0 Å². The first-order valence-electron chi connectivity index (χ1n) is 18.1. The molecule has 0 radical (unpaired) electrons. The fraction of sp³-hybridized carbons (Fsp3) is 0. The zero-order valence-corrected chi connectivity index (χ0v) is 28.7. The Balaban J connectivity index is 1.06. The fourth-order valence-electron chi connectivity index (χ4n) is 8.39. The van der Waals surface area contributed by atoms with E-state index in [0.717, 1.165) is 39.0 Å². The molecule has 0 aliphatic carbocycles. The summed E-state index contributed by atoms with van der Waals surface area (Å²) in [6, 6.07) is 67.3. The van der Waals surface area contributed by atoms with E-state index in [1.54, 1.807) is 0 Å². The summed E-state index contributed by atoms with van der Waals surface area (Å²) in [6.45, 7) is 0. The Bertz CT molecular complexity index is 3180. The number of hydrogen-bond acceptors (Lipinski definition) is 2. The van der Waals surface area contributed by atoms with Crippen molar-refractivity contribution in [3.63, 3.8) is 0 Å². The molecule has 3 nitrogen and oxygen atoms in total.